The van der Waals surface area contributed by atoms with Gasteiger partial charge in [-0.25, -0.2) is 19.6 Å². The summed E-state index contributed by atoms with van der Waals surface area (Å²) in [6.07, 6.45) is 0. The molecule has 4 aromatic rings. The normalized spacial score (nSPS) is 11.8. The Labute approximate surface area is 170 Å². The van der Waals surface area contributed by atoms with Crippen molar-refractivity contribution in [3.8, 4) is 0 Å². The van der Waals surface area contributed by atoms with Gasteiger partial charge in [-0.2, -0.15) is 0 Å². The van der Waals surface area contributed by atoms with E-state index in [1.54, 1.807) is 16.2 Å². The quantitative estimate of drug-likeness (QED) is 0.333. The van der Waals surface area contributed by atoms with E-state index < -0.39 is 22.5 Å². The van der Waals surface area contributed by atoms with E-state index in [4.69, 9.17) is 0 Å². The van der Waals surface area contributed by atoms with Crippen molar-refractivity contribution in [1.82, 2.24) is 37.4 Å². The molecular weight excluding hydrogens is 448 g/mol. The fourth-order valence-electron chi connectivity index (χ4n) is 3.41. The highest BCUT2D eigenvalue weighted by Crippen LogP contribution is 2.19. The van der Waals surface area contributed by atoms with E-state index in [-0.39, 0.29) is 28.9 Å². The Morgan fingerprint density at radius 3 is 1.72 bits per heavy atom. The van der Waals surface area contributed by atoms with Crippen LogP contribution in [-0.4, -0.2) is 37.4 Å². The average Bonchev–Trinajstić information content (AvgIpc) is 3.19. The lowest BCUT2D eigenvalue weighted by atomic mass is 10.4. The van der Waals surface area contributed by atoms with Gasteiger partial charge in [0, 0.05) is 35.2 Å². The molecule has 0 saturated heterocycles. The van der Waals surface area contributed by atoms with Gasteiger partial charge in [-0.05, 0) is 15.9 Å². The summed E-state index contributed by atoms with van der Waals surface area (Å²) in [7, 11) is 7.53. The molecule has 0 bridgehead atoms. The molecule has 0 saturated carbocycles. The highest BCUT2D eigenvalue weighted by atomic mass is 79.9. The molecule has 0 aliphatic carbocycles. The number of nitrogens with zero attached hydrogens (tertiary/aromatic N) is 8. The first-order valence-corrected chi connectivity index (χ1v) is 9.28. The zero-order valence-electron chi connectivity index (χ0n) is 16.3. The molecule has 0 aromatic carbocycles. The standard InChI is InChI=1S/C16H17BrN8O4/c1-20-7(18-10-8(20)12(26)23(4)15(28)21(10)2)6-25-9-11(19-14(25)17)22(3)16(29)24(5)13(9)27/h6H2,1-5H3. The Hall–Kier alpha value is -3.22. The molecule has 0 unspecified atom stereocenters. The summed E-state index contributed by atoms with van der Waals surface area (Å²) in [6.45, 7) is 0.0903. The summed E-state index contributed by atoms with van der Waals surface area (Å²) in [4.78, 5) is 58.4. The predicted octanol–water partition coefficient (Wildman–Crippen LogP) is -1.47. The first kappa shape index (κ1) is 19.1. The Balaban J connectivity index is 2.04. The molecule has 0 aliphatic heterocycles. The van der Waals surface area contributed by atoms with Gasteiger partial charge in [-0.3, -0.25) is 27.9 Å². The molecule has 152 valence electrons. The largest absolute Gasteiger partial charge is 0.332 e. The first-order chi connectivity index (χ1) is 13.6. The summed E-state index contributed by atoms with van der Waals surface area (Å²) in [5.74, 6) is 0.439. The Morgan fingerprint density at radius 2 is 1.17 bits per heavy atom. The molecule has 0 N–H and O–H groups in total. The van der Waals surface area contributed by atoms with E-state index >= 15 is 0 Å². The Bertz CT molecular complexity index is 1580. The van der Waals surface area contributed by atoms with E-state index in [9.17, 15) is 19.2 Å². The Morgan fingerprint density at radius 1 is 0.690 bits per heavy atom. The van der Waals surface area contributed by atoms with E-state index in [0.717, 1.165) is 9.13 Å². The average molecular weight is 465 g/mol. The lowest BCUT2D eigenvalue weighted by Crippen LogP contribution is -2.37. The SMILES string of the molecule is Cn1c(=O)c2c(nc(Cn3c(Br)nc4c3c(=O)n(C)c(=O)n4C)n2C)n(C)c1=O. The highest BCUT2D eigenvalue weighted by Gasteiger charge is 2.21. The van der Waals surface area contributed by atoms with Crippen molar-refractivity contribution in [2.45, 2.75) is 6.54 Å². The van der Waals surface area contributed by atoms with Crippen molar-refractivity contribution < 1.29 is 0 Å². The van der Waals surface area contributed by atoms with Gasteiger partial charge in [0.2, 0.25) is 0 Å². The van der Waals surface area contributed by atoms with Crippen molar-refractivity contribution in [3.63, 3.8) is 0 Å². The molecule has 12 nitrogen and oxygen atoms in total. The highest BCUT2D eigenvalue weighted by molar-refractivity contribution is 9.10. The Kier molecular flexibility index (Phi) is 4.05. The molecule has 0 fully saturated rings. The molecule has 0 aliphatic rings. The van der Waals surface area contributed by atoms with Gasteiger partial charge in [-0.1, -0.05) is 0 Å². The van der Waals surface area contributed by atoms with E-state index in [1.807, 2.05) is 0 Å². The summed E-state index contributed by atoms with van der Waals surface area (Å²) in [6, 6.07) is 0. The lowest BCUT2D eigenvalue weighted by molar-refractivity contribution is 0.686. The summed E-state index contributed by atoms with van der Waals surface area (Å²) in [5, 5.41) is 0. The van der Waals surface area contributed by atoms with Gasteiger partial charge >= 0.3 is 11.4 Å². The smallest absolute Gasteiger partial charge is 0.324 e. The van der Waals surface area contributed by atoms with Crippen LogP contribution in [0.4, 0.5) is 0 Å². The molecule has 4 aromatic heterocycles. The van der Waals surface area contributed by atoms with Gasteiger partial charge in [0.1, 0.15) is 5.82 Å². The maximum atomic E-state index is 12.7. The topological polar surface area (TPSA) is 124 Å². The second kappa shape index (κ2) is 6.14. The number of halogens is 1. The van der Waals surface area contributed by atoms with E-state index in [1.165, 1.54) is 37.3 Å². The first-order valence-electron chi connectivity index (χ1n) is 8.49. The number of aryl methyl sites for hydroxylation is 3. The number of imidazole rings is 2. The maximum absolute atomic E-state index is 12.7. The minimum atomic E-state index is -0.497. The summed E-state index contributed by atoms with van der Waals surface area (Å²) < 4.78 is 8.09. The van der Waals surface area contributed by atoms with E-state index in [0.29, 0.717) is 10.6 Å². The minimum absolute atomic E-state index is 0.0903. The number of aromatic nitrogens is 8. The molecule has 13 heteroatoms. The third-order valence-corrected chi connectivity index (χ3v) is 5.77. The maximum Gasteiger partial charge on any atom is 0.332 e. The van der Waals surface area contributed by atoms with Gasteiger partial charge in [0.25, 0.3) is 11.1 Å². The van der Waals surface area contributed by atoms with Crippen LogP contribution in [-0.2, 0) is 41.8 Å². The van der Waals surface area contributed by atoms with Gasteiger partial charge in [0.15, 0.2) is 27.1 Å². The molecule has 0 atom stereocenters. The number of hydrogen-bond donors (Lipinski definition) is 0. The summed E-state index contributed by atoms with van der Waals surface area (Å²) in [5.41, 5.74) is -0.962. The second-order valence-electron chi connectivity index (χ2n) is 6.81. The zero-order valence-corrected chi connectivity index (χ0v) is 17.9. The van der Waals surface area contributed by atoms with Crippen molar-refractivity contribution in [2.24, 2.45) is 35.2 Å². The van der Waals surface area contributed by atoms with Crippen molar-refractivity contribution in [1.29, 1.82) is 0 Å². The fraction of sp³-hybridized carbons (Fsp3) is 0.375. The van der Waals surface area contributed by atoms with E-state index in [2.05, 4.69) is 25.9 Å². The van der Waals surface area contributed by atoms with Crippen molar-refractivity contribution in [2.75, 3.05) is 0 Å². The number of fused-ring (bicyclic) bond motifs is 2. The molecule has 29 heavy (non-hydrogen) atoms. The fourth-order valence-corrected chi connectivity index (χ4v) is 3.88. The second-order valence-corrected chi connectivity index (χ2v) is 7.52. The lowest BCUT2D eigenvalue weighted by Gasteiger charge is -2.07. The van der Waals surface area contributed by atoms with Crippen LogP contribution < -0.4 is 22.5 Å². The van der Waals surface area contributed by atoms with Crippen LogP contribution >= 0.6 is 15.9 Å². The van der Waals surface area contributed by atoms with Crippen LogP contribution in [0.25, 0.3) is 22.3 Å². The van der Waals surface area contributed by atoms with Crippen LogP contribution in [0.5, 0.6) is 0 Å². The van der Waals surface area contributed by atoms with Crippen LogP contribution in [0.15, 0.2) is 23.9 Å². The summed E-state index contributed by atoms with van der Waals surface area (Å²) >= 11 is 3.34. The predicted molar refractivity (Wildman–Crippen MR) is 108 cm³/mol. The minimum Gasteiger partial charge on any atom is -0.324 e. The molecule has 4 heterocycles. The third-order valence-electron chi connectivity index (χ3n) is 5.17. The van der Waals surface area contributed by atoms with Crippen LogP contribution in [0.3, 0.4) is 0 Å². The zero-order chi connectivity index (χ0) is 21.4. The third kappa shape index (κ3) is 2.43. The van der Waals surface area contributed by atoms with Crippen molar-refractivity contribution >= 4 is 38.3 Å². The molecule has 0 amide bonds. The number of rotatable bonds is 2. The van der Waals surface area contributed by atoms with Crippen molar-refractivity contribution in [3.05, 3.63) is 52.2 Å². The van der Waals surface area contributed by atoms with Gasteiger partial charge in [-0.15, -0.1) is 0 Å². The molecule has 0 spiro atoms. The van der Waals surface area contributed by atoms with Gasteiger partial charge in [0.05, 0.1) is 6.54 Å². The molecular formula is C16H17BrN8O4. The van der Waals surface area contributed by atoms with Gasteiger partial charge < -0.3 is 9.13 Å². The van der Waals surface area contributed by atoms with Crippen LogP contribution in [0.2, 0.25) is 0 Å². The molecule has 4 rings (SSSR count). The molecule has 0 radical (unpaired) electrons. The monoisotopic (exact) mass is 464 g/mol. The number of hydrogen-bond acceptors (Lipinski definition) is 6. The van der Waals surface area contributed by atoms with Crippen LogP contribution in [0.1, 0.15) is 5.82 Å². The van der Waals surface area contributed by atoms with Crippen LogP contribution in [0, 0.1) is 0 Å².